The molecule has 7 nitrogen and oxygen atoms in total. The van der Waals surface area contributed by atoms with Crippen molar-refractivity contribution in [1.29, 1.82) is 5.26 Å². The van der Waals surface area contributed by atoms with Crippen LogP contribution in [0.4, 0.5) is 5.13 Å². The third-order valence-electron chi connectivity index (χ3n) is 4.02. The van der Waals surface area contributed by atoms with Gasteiger partial charge < -0.3 is 0 Å². The molecule has 0 saturated heterocycles. The van der Waals surface area contributed by atoms with Crippen LogP contribution >= 0.6 is 11.3 Å². The van der Waals surface area contributed by atoms with Crippen LogP contribution in [-0.4, -0.2) is 25.9 Å². The third kappa shape index (κ3) is 4.54. The van der Waals surface area contributed by atoms with Gasteiger partial charge in [0, 0.05) is 18.5 Å². The summed E-state index contributed by atoms with van der Waals surface area (Å²) in [6, 6.07) is 13.6. The summed E-state index contributed by atoms with van der Waals surface area (Å²) in [5.41, 5.74) is 2.20. The zero-order valence-corrected chi connectivity index (χ0v) is 16.7. The first-order valence-corrected chi connectivity index (χ1v) is 10.9. The normalized spacial score (nSPS) is 11.3. The summed E-state index contributed by atoms with van der Waals surface area (Å²) in [4.78, 5) is 16.9. The van der Waals surface area contributed by atoms with Crippen molar-refractivity contribution in [2.24, 2.45) is 0 Å². The summed E-state index contributed by atoms with van der Waals surface area (Å²) >= 11 is 1.37. The van der Waals surface area contributed by atoms with E-state index in [9.17, 15) is 13.2 Å². The molecular formula is C19H18N4O3S2. The van der Waals surface area contributed by atoms with Crippen LogP contribution in [0.25, 0.3) is 10.2 Å². The number of hydrogen-bond acceptors (Lipinski definition) is 6. The Balaban J connectivity index is 1.79. The summed E-state index contributed by atoms with van der Waals surface area (Å²) in [6.07, 6.45) is 0.982. The highest BCUT2D eigenvalue weighted by Gasteiger charge is 2.17. The number of aryl methyl sites for hydroxylation is 1. The van der Waals surface area contributed by atoms with Crippen LogP contribution in [0.2, 0.25) is 0 Å². The van der Waals surface area contributed by atoms with Crippen LogP contribution in [0.5, 0.6) is 0 Å². The van der Waals surface area contributed by atoms with Crippen LogP contribution in [0, 0.1) is 11.3 Å². The molecule has 3 rings (SSSR count). The lowest BCUT2D eigenvalue weighted by molar-refractivity contribution is 0.102. The second kappa shape index (κ2) is 8.48. The number of hydrogen-bond donors (Lipinski definition) is 2. The molecule has 0 aliphatic heterocycles. The van der Waals surface area contributed by atoms with Crippen molar-refractivity contribution in [3.05, 3.63) is 53.6 Å². The zero-order valence-electron chi connectivity index (χ0n) is 15.1. The van der Waals surface area contributed by atoms with Crippen molar-refractivity contribution < 1.29 is 13.2 Å². The highest BCUT2D eigenvalue weighted by atomic mass is 32.2. The van der Waals surface area contributed by atoms with Gasteiger partial charge in [-0.05, 0) is 42.3 Å². The fourth-order valence-corrected chi connectivity index (χ4v) is 4.54. The van der Waals surface area contributed by atoms with Gasteiger partial charge in [-0.2, -0.15) is 5.26 Å². The third-order valence-corrected chi connectivity index (χ3v) is 6.41. The Morgan fingerprint density at radius 2 is 2.07 bits per heavy atom. The first-order chi connectivity index (χ1) is 13.4. The molecular weight excluding hydrogens is 396 g/mol. The minimum atomic E-state index is -3.78. The lowest BCUT2D eigenvalue weighted by Gasteiger charge is -2.07. The Labute approximate surface area is 167 Å². The lowest BCUT2D eigenvalue weighted by atomic mass is 10.2. The number of rotatable bonds is 7. The number of nitrogens with one attached hydrogen (secondary N) is 2. The Hall–Kier alpha value is -2.80. The maximum atomic E-state index is 12.6. The first kappa shape index (κ1) is 19.9. The van der Waals surface area contributed by atoms with Gasteiger partial charge in [0.15, 0.2) is 5.13 Å². The number of anilines is 1. The van der Waals surface area contributed by atoms with E-state index in [4.69, 9.17) is 5.26 Å². The summed E-state index contributed by atoms with van der Waals surface area (Å²) in [5.74, 6) is -0.441. The number of carbonyl (C=O) groups excluding carboxylic acids is 1. The van der Waals surface area contributed by atoms with Crippen molar-refractivity contribution in [2.75, 3.05) is 11.9 Å². The highest BCUT2D eigenvalue weighted by Crippen LogP contribution is 2.27. The number of sulfonamides is 1. The monoisotopic (exact) mass is 414 g/mol. The van der Waals surface area contributed by atoms with Gasteiger partial charge in [0.2, 0.25) is 10.0 Å². The van der Waals surface area contributed by atoms with Crippen molar-refractivity contribution >= 4 is 42.6 Å². The number of nitrogens with zero attached hydrogens (tertiary/aromatic N) is 2. The molecule has 0 fully saturated rings. The molecule has 1 aromatic heterocycles. The van der Waals surface area contributed by atoms with Gasteiger partial charge in [-0.15, -0.1) is 0 Å². The van der Waals surface area contributed by atoms with E-state index in [0.717, 1.165) is 16.6 Å². The van der Waals surface area contributed by atoms with Gasteiger partial charge in [-0.3, -0.25) is 10.1 Å². The molecule has 2 aromatic carbocycles. The SMILES string of the molecule is CCc1ccc2nc(NC(=O)c3cccc(S(=O)(=O)NCCC#N)c3)sc2c1. The van der Waals surface area contributed by atoms with E-state index >= 15 is 0 Å². The van der Waals surface area contributed by atoms with Crippen LogP contribution in [0.15, 0.2) is 47.4 Å². The lowest BCUT2D eigenvalue weighted by Crippen LogP contribution is -2.25. The topological polar surface area (TPSA) is 112 Å². The second-order valence-electron chi connectivity index (χ2n) is 5.96. The van der Waals surface area contributed by atoms with E-state index in [0.29, 0.717) is 5.13 Å². The summed E-state index contributed by atoms with van der Waals surface area (Å²) in [5, 5.41) is 11.7. The number of thiazole rings is 1. The molecule has 0 spiro atoms. The molecule has 1 amide bonds. The average molecular weight is 415 g/mol. The summed E-state index contributed by atoms with van der Waals surface area (Å²) in [6.45, 7) is 2.09. The molecule has 1 heterocycles. The number of benzene rings is 2. The molecule has 2 N–H and O–H groups in total. The molecule has 3 aromatic rings. The van der Waals surface area contributed by atoms with Crippen LogP contribution < -0.4 is 10.0 Å². The number of aromatic nitrogens is 1. The molecule has 0 unspecified atom stereocenters. The highest BCUT2D eigenvalue weighted by molar-refractivity contribution is 7.89. The van der Waals surface area contributed by atoms with E-state index < -0.39 is 15.9 Å². The number of carbonyl (C=O) groups is 1. The fraction of sp³-hybridized carbons (Fsp3) is 0.211. The van der Waals surface area contributed by atoms with E-state index in [1.54, 1.807) is 0 Å². The average Bonchev–Trinajstić information content (AvgIpc) is 3.09. The van der Waals surface area contributed by atoms with Crippen molar-refractivity contribution in [2.45, 2.75) is 24.7 Å². The fourth-order valence-electron chi connectivity index (χ4n) is 2.54. The summed E-state index contributed by atoms with van der Waals surface area (Å²) < 4.78 is 27.8. The molecule has 0 radical (unpaired) electrons. The van der Waals surface area contributed by atoms with Gasteiger partial charge in [0.25, 0.3) is 5.91 Å². The van der Waals surface area contributed by atoms with Crippen molar-refractivity contribution in [3.63, 3.8) is 0 Å². The van der Waals surface area contributed by atoms with E-state index in [2.05, 4.69) is 21.9 Å². The van der Waals surface area contributed by atoms with Gasteiger partial charge in [0.05, 0.1) is 21.2 Å². The molecule has 0 aliphatic rings. The van der Waals surface area contributed by atoms with Gasteiger partial charge in [-0.1, -0.05) is 30.4 Å². The van der Waals surface area contributed by atoms with Crippen LogP contribution in [0.3, 0.4) is 0 Å². The molecule has 0 saturated carbocycles. The Morgan fingerprint density at radius 3 is 2.82 bits per heavy atom. The van der Waals surface area contributed by atoms with E-state index in [1.165, 1.54) is 41.2 Å². The predicted octanol–water partition coefficient (Wildman–Crippen LogP) is 3.30. The maximum absolute atomic E-state index is 12.6. The predicted molar refractivity (Wildman–Crippen MR) is 109 cm³/mol. The quantitative estimate of drug-likeness (QED) is 0.576. The molecule has 0 aliphatic carbocycles. The van der Waals surface area contributed by atoms with Crippen molar-refractivity contribution in [3.8, 4) is 6.07 Å². The molecule has 0 bridgehead atoms. The Morgan fingerprint density at radius 1 is 1.25 bits per heavy atom. The van der Waals surface area contributed by atoms with Crippen LogP contribution in [-0.2, 0) is 16.4 Å². The van der Waals surface area contributed by atoms with E-state index in [1.807, 2.05) is 24.3 Å². The van der Waals surface area contributed by atoms with Gasteiger partial charge in [-0.25, -0.2) is 18.1 Å². The first-order valence-electron chi connectivity index (χ1n) is 8.60. The van der Waals surface area contributed by atoms with Gasteiger partial charge in [0.1, 0.15) is 0 Å². The second-order valence-corrected chi connectivity index (χ2v) is 8.76. The molecule has 144 valence electrons. The zero-order chi connectivity index (χ0) is 20.1. The largest absolute Gasteiger partial charge is 0.298 e. The number of fused-ring (bicyclic) bond motifs is 1. The standard InChI is InChI=1S/C19H18N4O3S2/c1-2-13-7-8-16-17(11-13)27-19(22-16)23-18(24)14-5-3-6-15(12-14)28(25,26)21-10-4-9-20/h3,5-8,11-12,21H,2,4,10H2,1H3,(H,22,23,24). The van der Waals surface area contributed by atoms with Crippen molar-refractivity contribution in [1.82, 2.24) is 9.71 Å². The smallest absolute Gasteiger partial charge is 0.257 e. The number of nitriles is 1. The molecule has 0 atom stereocenters. The minimum Gasteiger partial charge on any atom is -0.298 e. The van der Waals surface area contributed by atoms with Gasteiger partial charge >= 0.3 is 0 Å². The maximum Gasteiger partial charge on any atom is 0.257 e. The Bertz CT molecular complexity index is 1160. The Kier molecular flexibility index (Phi) is 6.04. The minimum absolute atomic E-state index is 0.0146. The summed E-state index contributed by atoms with van der Waals surface area (Å²) in [7, 11) is -3.78. The number of amides is 1. The molecule has 28 heavy (non-hydrogen) atoms. The van der Waals surface area contributed by atoms with E-state index in [-0.39, 0.29) is 23.4 Å². The molecule has 9 heteroatoms. The van der Waals surface area contributed by atoms with Crippen LogP contribution in [0.1, 0.15) is 29.3 Å².